The molecule has 0 N–H and O–H groups in total. The van der Waals surface area contributed by atoms with Crippen molar-refractivity contribution in [3.8, 4) is 0 Å². The monoisotopic (exact) mass is 246 g/mol. The van der Waals surface area contributed by atoms with Crippen molar-refractivity contribution in [2.24, 2.45) is 0 Å². The number of aryl methyl sites for hydroxylation is 1. The maximum Gasteiger partial charge on any atom is 0.334 e. The molecule has 0 unspecified atom stereocenters. The first-order valence-corrected chi connectivity index (χ1v) is 5.56. The molecule has 0 amide bonds. The predicted octanol–water partition coefficient (Wildman–Crippen LogP) is 3.97. The molecule has 0 fully saturated rings. The van der Waals surface area contributed by atoms with Gasteiger partial charge in [0.25, 0.3) is 0 Å². The minimum absolute atomic E-state index is 0.0167. The number of carbonyl (C=O) groups excluding carboxylic acids is 1. The molecule has 0 aromatic heterocycles. The molecule has 0 bridgehead atoms. The van der Waals surface area contributed by atoms with Gasteiger partial charge in [-0.3, -0.25) is 4.79 Å². The summed E-state index contributed by atoms with van der Waals surface area (Å²) in [6, 6.07) is 13.3. The van der Waals surface area contributed by atoms with Crippen molar-refractivity contribution >= 4 is 5.78 Å². The summed E-state index contributed by atoms with van der Waals surface area (Å²) >= 11 is 0. The molecular weight excluding hydrogens is 234 g/mol. The zero-order valence-corrected chi connectivity index (χ0v) is 9.86. The van der Waals surface area contributed by atoms with Crippen LogP contribution in [0.2, 0.25) is 0 Å². The number of hydrogen-bond acceptors (Lipinski definition) is 1. The molecule has 2 aromatic rings. The molecule has 18 heavy (non-hydrogen) atoms. The van der Waals surface area contributed by atoms with E-state index in [-0.39, 0.29) is 11.1 Å². The summed E-state index contributed by atoms with van der Waals surface area (Å²) < 4.78 is 28.0. The molecule has 0 heterocycles. The van der Waals surface area contributed by atoms with E-state index >= 15 is 0 Å². The van der Waals surface area contributed by atoms with Crippen molar-refractivity contribution in [1.29, 1.82) is 0 Å². The van der Waals surface area contributed by atoms with Gasteiger partial charge in [-0.15, -0.1) is 0 Å². The van der Waals surface area contributed by atoms with Gasteiger partial charge in [-0.1, -0.05) is 60.2 Å². The van der Waals surface area contributed by atoms with E-state index in [4.69, 9.17) is 0 Å². The molecule has 3 heteroatoms. The number of hydrogen-bond donors (Lipinski definition) is 0. The molecule has 0 aliphatic heterocycles. The number of rotatable bonds is 3. The van der Waals surface area contributed by atoms with Crippen LogP contribution in [0.1, 0.15) is 21.5 Å². The molecule has 0 saturated heterocycles. The van der Waals surface area contributed by atoms with Crippen LogP contribution in [0, 0.1) is 6.92 Å². The van der Waals surface area contributed by atoms with Crippen LogP contribution in [0.3, 0.4) is 0 Å². The molecule has 92 valence electrons. The van der Waals surface area contributed by atoms with E-state index in [2.05, 4.69) is 0 Å². The normalized spacial score (nSPS) is 11.3. The van der Waals surface area contributed by atoms with Gasteiger partial charge in [-0.2, -0.15) is 8.78 Å². The van der Waals surface area contributed by atoms with Crippen LogP contribution in [0.4, 0.5) is 8.78 Å². The van der Waals surface area contributed by atoms with E-state index in [0.717, 1.165) is 5.56 Å². The first-order chi connectivity index (χ1) is 8.51. The smallest absolute Gasteiger partial charge is 0.287 e. The Labute approximate surface area is 104 Å². The van der Waals surface area contributed by atoms with E-state index in [9.17, 15) is 13.6 Å². The van der Waals surface area contributed by atoms with Crippen LogP contribution in [-0.4, -0.2) is 5.78 Å². The summed E-state index contributed by atoms with van der Waals surface area (Å²) in [4.78, 5) is 11.8. The fraction of sp³-hybridized carbons (Fsp3) is 0.133. The summed E-state index contributed by atoms with van der Waals surface area (Å²) in [5.74, 6) is -4.67. The summed E-state index contributed by atoms with van der Waals surface area (Å²) in [5.41, 5.74) is 0.617. The lowest BCUT2D eigenvalue weighted by Gasteiger charge is -2.15. The number of Topliss-reactive ketones (excluding diaryl/α,β-unsaturated/α-hetero) is 1. The van der Waals surface area contributed by atoms with Gasteiger partial charge in [0.1, 0.15) is 0 Å². The topological polar surface area (TPSA) is 17.1 Å². The largest absolute Gasteiger partial charge is 0.334 e. The average molecular weight is 246 g/mol. The molecule has 0 aliphatic carbocycles. The van der Waals surface area contributed by atoms with Gasteiger partial charge in [0.15, 0.2) is 0 Å². The first-order valence-electron chi connectivity index (χ1n) is 5.56. The lowest BCUT2D eigenvalue weighted by molar-refractivity contribution is 0.00742. The molecule has 0 aliphatic rings. The van der Waals surface area contributed by atoms with Gasteiger partial charge in [0.2, 0.25) is 5.78 Å². The van der Waals surface area contributed by atoms with Crippen LogP contribution in [0.25, 0.3) is 0 Å². The van der Waals surface area contributed by atoms with Gasteiger partial charge >= 0.3 is 5.92 Å². The van der Waals surface area contributed by atoms with E-state index < -0.39 is 11.7 Å². The Bertz CT molecular complexity index is 544. The fourth-order valence-electron chi connectivity index (χ4n) is 1.66. The lowest BCUT2D eigenvalue weighted by Crippen LogP contribution is -2.26. The van der Waals surface area contributed by atoms with Gasteiger partial charge in [0, 0.05) is 11.1 Å². The number of halogens is 2. The van der Waals surface area contributed by atoms with Crippen LogP contribution >= 0.6 is 0 Å². The molecule has 0 radical (unpaired) electrons. The van der Waals surface area contributed by atoms with E-state index in [0.29, 0.717) is 0 Å². The molecule has 2 rings (SSSR count). The van der Waals surface area contributed by atoms with Crippen LogP contribution in [-0.2, 0) is 5.92 Å². The Kier molecular flexibility index (Phi) is 3.24. The van der Waals surface area contributed by atoms with Crippen LogP contribution < -0.4 is 0 Å². The highest BCUT2D eigenvalue weighted by molar-refractivity contribution is 6.01. The SMILES string of the molecule is Cc1ccc(C(F)(F)C(=O)c2ccccc2)cc1. The van der Waals surface area contributed by atoms with Gasteiger partial charge < -0.3 is 0 Å². The number of ketones is 1. The van der Waals surface area contributed by atoms with Gasteiger partial charge in [0.05, 0.1) is 0 Å². The molecule has 1 nitrogen and oxygen atoms in total. The van der Waals surface area contributed by atoms with Crippen molar-refractivity contribution in [3.05, 3.63) is 71.3 Å². The van der Waals surface area contributed by atoms with E-state index in [1.165, 1.54) is 24.3 Å². The van der Waals surface area contributed by atoms with Crippen molar-refractivity contribution < 1.29 is 13.6 Å². The van der Waals surface area contributed by atoms with Crippen LogP contribution in [0.15, 0.2) is 54.6 Å². The maximum absolute atomic E-state index is 14.0. The third kappa shape index (κ3) is 2.30. The molecule has 0 saturated carbocycles. The third-order valence-electron chi connectivity index (χ3n) is 2.74. The average Bonchev–Trinajstić information content (AvgIpc) is 2.39. The van der Waals surface area contributed by atoms with Crippen molar-refractivity contribution in [3.63, 3.8) is 0 Å². The predicted molar refractivity (Wildman–Crippen MR) is 65.8 cm³/mol. The maximum atomic E-state index is 14.0. The highest BCUT2D eigenvalue weighted by Crippen LogP contribution is 2.31. The van der Waals surface area contributed by atoms with E-state index in [1.54, 1.807) is 37.3 Å². The van der Waals surface area contributed by atoms with Gasteiger partial charge in [-0.05, 0) is 6.92 Å². The molecule has 2 aromatic carbocycles. The van der Waals surface area contributed by atoms with Gasteiger partial charge in [-0.25, -0.2) is 0 Å². The van der Waals surface area contributed by atoms with E-state index in [1.807, 2.05) is 0 Å². The summed E-state index contributed by atoms with van der Waals surface area (Å²) in [7, 11) is 0. The number of carbonyl (C=O) groups is 1. The summed E-state index contributed by atoms with van der Waals surface area (Å²) in [6.45, 7) is 1.81. The van der Waals surface area contributed by atoms with Crippen molar-refractivity contribution in [2.45, 2.75) is 12.8 Å². The standard InChI is InChI=1S/C15H12F2O/c1-11-7-9-13(10-8-11)15(16,17)14(18)12-5-3-2-4-6-12/h2-10H,1H3. The summed E-state index contributed by atoms with van der Waals surface area (Å²) in [5, 5.41) is 0. The number of alkyl halides is 2. The Morgan fingerprint density at radius 3 is 2.06 bits per heavy atom. The minimum Gasteiger partial charge on any atom is -0.287 e. The second kappa shape index (κ2) is 4.69. The second-order valence-corrected chi connectivity index (χ2v) is 4.14. The highest BCUT2D eigenvalue weighted by Gasteiger charge is 2.40. The third-order valence-corrected chi connectivity index (χ3v) is 2.74. The van der Waals surface area contributed by atoms with Crippen molar-refractivity contribution in [2.75, 3.05) is 0 Å². The fourth-order valence-corrected chi connectivity index (χ4v) is 1.66. The number of benzene rings is 2. The zero-order chi connectivity index (χ0) is 13.2. The zero-order valence-electron chi connectivity index (χ0n) is 9.86. The quantitative estimate of drug-likeness (QED) is 0.749. The minimum atomic E-state index is -3.49. The Balaban J connectivity index is 2.37. The molecular formula is C15H12F2O. The molecule has 0 atom stereocenters. The Morgan fingerprint density at radius 2 is 1.50 bits per heavy atom. The Morgan fingerprint density at radius 1 is 0.944 bits per heavy atom. The second-order valence-electron chi connectivity index (χ2n) is 4.14. The summed E-state index contributed by atoms with van der Waals surface area (Å²) in [6.07, 6.45) is 0. The lowest BCUT2D eigenvalue weighted by atomic mass is 9.98. The first kappa shape index (κ1) is 12.4. The Hall–Kier alpha value is -2.03. The molecule has 0 spiro atoms. The highest BCUT2D eigenvalue weighted by atomic mass is 19.3. The van der Waals surface area contributed by atoms with Crippen molar-refractivity contribution in [1.82, 2.24) is 0 Å². The van der Waals surface area contributed by atoms with Crippen LogP contribution in [0.5, 0.6) is 0 Å².